The Bertz CT molecular complexity index is 547. The van der Waals surface area contributed by atoms with Crippen LogP contribution in [0, 0.1) is 0 Å². The fourth-order valence-corrected chi connectivity index (χ4v) is 3.09. The van der Waals surface area contributed by atoms with Crippen molar-refractivity contribution in [1.29, 1.82) is 0 Å². The number of hydrogen-bond donors (Lipinski definition) is 2. The summed E-state index contributed by atoms with van der Waals surface area (Å²) < 4.78 is 5.62. The van der Waals surface area contributed by atoms with E-state index in [0.29, 0.717) is 41.4 Å². The normalized spacial score (nSPS) is 20.6. The summed E-state index contributed by atoms with van der Waals surface area (Å²) in [5.74, 6) is 0.814. The average Bonchev–Trinajstić information content (AvgIpc) is 3.23. The van der Waals surface area contributed by atoms with Gasteiger partial charge in [0.1, 0.15) is 5.75 Å². The summed E-state index contributed by atoms with van der Waals surface area (Å²) in [5, 5.41) is 7.52. The van der Waals surface area contributed by atoms with Gasteiger partial charge in [0.15, 0.2) is 0 Å². The van der Waals surface area contributed by atoms with Gasteiger partial charge in [0, 0.05) is 42.1 Å². The summed E-state index contributed by atoms with van der Waals surface area (Å²) in [6.45, 7) is 1.24. The van der Waals surface area contributed by atoms with Crippen molar-refractivity contribution in [1.82, 2.24) is 10.6 Å². The summed E-state index contributed by atoms with van der Waals surface area (Å²) in [4.78, 5) is 11.7. The Kier molecular flexibility index (Phi) is 4.57. The van der Waals surface area contributed by atoms with Crippen LogP contribution in [0.2, 0.25) is 10.0 Å². The lowest BCUT2D eigenvalue weighted by Gasteiger charge is -2.27. The molecule has 1 aliphatic carbocycles. The van der Waals surface area contributed by atoms with Gasteiger partial charge in [-0.15, -0.1) is 0 Å². The van der Waals surface area contributed by atoms with Crippen LogP contribution in [0.3, 0.4) is 0 Å². The molecule has 1 aromatic carbocycles. The van der Waals surface area contributed by atoms with E-state index in [0.717, 1.165) is 24.8 Å². The number of nitrogens with one attached hydrogen (secondary N) is 2. The molecule has 6 heteroatoms. The highest BCUT2D eigenvalue weighted by molar-refractivity contribution is 6.35. The Morgan fingerprint density at radius 3 is 2.86 bits per heavy atom. The van der Waals surface area contributed by atoms with Gasteiger partial charge in [-0.2, -0.15) is 0 Å². The third-order valence-corrected chi connectivity index (χ3v) is 4.25. The topological polar surface area (TPSA) is 50.4 Å². The van der Waals surface area contributed by atoms with Crippen LogP contribution in [-0.4, -0.2) is 25.1 Å². The fourth-order valence-electron chi connectivity index (χ4n) is 2.53. The zero-order valence-electron chi connectivity index (χ0n) is 11.6. The highest BCUT2D eigenvalue weighted by Crippen LogP contribution is 2.39. The van der Waals surface area contributed by atoms with Gasteiger partial charge in [-0.3, -0.25) is 4.79 Å². The summed E-state index contributed by atoms with van der Waals surface area (Å²) in [6.07, 6.45) is 3.55. The van der Waals surface area contributed by atoms with E-state index in [9.17, 15) is 4.79 Å². The first-order valence-corrected chi connectivity index (χ1v) is 8.03. The molecule has 1 heterocycles. The number of amides is 1. The Morgan fingerprint density at radius 1 is 1.29 bits per heavy atom. The number of carbonyl (C=O) groups is 1. The van der Waals surface area contributed by atoms with E-state index in [1.807, 2.05) is 6.07 Å². The van der Waals surface area contributed by atoms with Gasteiger partial charge in [-0.05, 0) is 25.0 Å². The molecule has 21 heavy (non-hydrogen) atoms. The Labute approximate surface area is 134 Å². The van der Waals surface area contributed by atoms with Crippen LogP contribution in [0.5, 0.6) is 5.75 Å². The third kappa shape index (κ3) is 3.82. The lowest BCUT2D eigenvalue weighted by atomic mass is 10.0. The maximum atomic E-state index is 11.7. The van der Waals surface area contributed by atoms with E-state index in [1.165, 1.54) is 0 Å². The summed E-state index contributed by atoms with van der Waals surface area (Å²) in [5.41, 5.74) is 0.973. The van der Waals surface area contributed by atoms with Crippen LogP contribution in [0.25, 0.3) is 0 Å². The van der Waals surface area contributed by atoms with Crippen molar-refractivity contribution in [3.63, 3.8) is 0 Å². The van der Waals surface area contributed by atoms with Crippen molar-refractivity contribution in [3.05, 3.63) is 27.7 Å². The fraction of sp³-hybridized carbons (Fsp3) is 0.533. The molecule has 1 fully saturated rings. The van der Waals surface area contributed by atoms with Crippen molar-refractivity contribution < 1.29 is 9.53 Å². The van der Waals surface area contributed by atoms with Gasteiger partial charge in [0.05, 0.1) is 11.6 Å². The van der Waals surface area contributed by atoms with Crippen molar-refractivity contribution >= 4 is 29.1 Å². The predicted molar refractivity (Wildman–Crippen MR) is 83.1 cm³/mol. The zero-order chi connectivity index (χ0) is 14.8. The molecule has 1 amide bonds. The largest absolute Gasteiger partial charge is 0.492 e. The second kappa shape index (κ2) is 6.42. The summed E-state index contributed by atoms with van der Waals surface area (Å²) in [6, 6.07) is 4.11. The van der Waals surface area contributed by atoms with E-state index in [2.05, 4.69) is 10.6 Å². The van der Waals surface area contributed by atoms with Gasteiger partial charge >= 0.3 is 0 Å². The quantitative estimate of drug-likeness (QED) is 0.873. The molecule has 1 aromatic rings. The van der Waals surface area contributed by atoms with Gasteiger partial charge in [-0.1, -0.05) is 23.2 Å². The molecule has 0 saturated heterocycles. The van der Waals surface area contributed by atoms with Crippen LogP contribution in [0.1, 0.15) is 37.3 Å². The monoisotopic (exact) mass is 328 g/mol. The molecule has 1 unspecified atom stereocenters. The molecule has 1 atom stereocenters. The molecule has 2 aliphatic rings. The van der Waals surface area contributed by atoms with Crippen LogP contribution >= 0.6 is 23.2 Å². The van der Waals surface area contributed by atoms with Gasteiger partial charge in [-0.25, -0.2) is 0 Å². The number of fused-ring (bicyclic) bond motifs is 1. The van der Waals surface area contributed by atoms with E-state index >= 15 is 0 Å². The van der Waals surface area contributed by atoms with E-state index in [1.54, 1.807) is 6.07 Å². The Hall–Kier alpha value is -0.970. The van der Waals surface area contributed by atoms with E-state index in [-0.39, 0.29) is 11.9 Å². The molecule has 0 radical (unpaired) electrons. The van der Waals surface area contributed by atoms with Crippen LogP contribution < -0.4 is 15.4 Å². The zero-order valence-corrected chi connectivity index (χ0v) is 13.1. The second-order valence-electron chi connectivity index (χ2n) is 5.54. The standard InChI is InChI=1S/C15H18Cl2N2O2/c16-9-7-11-13(4-6-21-15(11)12(17)8-9)18-5-3-14(20)19-10-1-2-10/h7-8,10,13,18H,1-6H2,(H,19,20). The highest BCUT2D eigenvalue weighted by Gasteiger charge is 2.25. The van der Waals surface area contributed by atoms with Crippen LogP contribution in [0.15, 0.2) is 12.1 Å². The first kappa shape index (κ1) is 14.9. The van der Waals surface area contributed by atoms with Gasteiger partial charge in [0.2, 0.25) is 5.91 Å². The molecule has 2 N–H and O–H groups in total. The van der Waals surface area contributed by atoms with Gasteiger partial charge < -0.3 is 15.4 Å². The number of carbonyl (C=O) groups excluding carboxylic acids is 1. The molecule has 114 valence electrons. The number of rotatable bonds is 5. The Morgan fingerprint density at radius 2 is 2.10 bits per heavy atom. The minimum atomic E-state index is 0.112. The van der Waals surface area contributed by atoms with Crippen LogP contribution in [-0.2, 0) is 4.79 Å². The number of hydrogen-bond acceptors (Lipinski definition) is 3. The van der Waals surface area contributed by atoms with Crippen molar-refractivity contribution in [2.45, 2.75) is 37.8 Å². The van der Waals surface area contributed by atoms with Crippen molar-refractivity contribution in [2.75, 3.05) is 13.2 Å². The maximum absolute atomic E-state index is 11.7. The molecule has 3 rings (SSSR count). The minimum Gasteiger partial charge on any atom is -0.492 e. The third-order valence-electron chi connectivity index (χ3n) is 3.75. The molecule has 1 aliphatic heterocycles. The molecule has 4 nitrogen and oxygen atoms in total. The van der Waals surface area contributed by atoms with Gasteiger partial charge in [0.25, 0.3) is 0 Å². The predicted octanol–water partition coefficient (Wildman–Crippen LogP) is 3.08. The maximum Gasteiger partial charge on any atom is 0.221 e. The minimum absolute atomic E-state index is 0.112. The van der Waals surface area contributed by atoms with Crippen molar-refractivity contribution in [2.24, 2.45) is 0 Å². The molecule has 0 bridgehead atoms. The summed E-state index contributed by atoms with van der Waals surface area (Å²) >= 11 is 12.2. The Balaban J connectivity index is 1.58. The molecular weight excluding hydrogens is 311 g/mol. The lowest BCUT2D eigenvalue weighted by molar-refractivity contribution is -0.121. The van der Waals surface area contributed by atoms with Crippen LogP contribution in [0.4, 0.5) is 0 Å². The summed E-state index contributed by atoms with van der Waals surface area (Å²) in [7, 11) is 0. The first-order chi connectivity index (χ1) is 10.1. The number of ether oxygens (including phenoxy) is 1. The molecular formula is C15H18Cl2N2O2. The molecule has 0 spiro atoms. The first-order valence-electron chi connectivity index (χ1n) is 7.28. The molecule has 1 saturated carbocycles. The SMILES string of the molecule is O=C(CCNC1CCOc2c(Cl)cc(Cl)cc21)NC1CC1. The highest BCUT2D eigenvalue weighted by atomic mass is 35.5. The smallest absolute Gasteiger partial charge is 0.221 e. The average molecular weight is 329 g/mol. The lowest BCUT2D eigenvalue weighted by Crippen LogP contribution is -2.32. The van der Waals surface area contributed by atoms with E-state index < -0.39 is 0 Å². The van der Waals surface area contributed by atoms with E-state index in [4.69, 9.17) is 27.9 Å². The molecule has 0 aromatic heterocycles. The van der Waals surface area contributed by atoms with Crippen molar-refractivity contribution in [3.8, 4) is 5.75 Å². The number of halogens is 2. The number of benzene rings is 1. The second-order valence-corrected chi connectivity index (χ2v) is 6.39.